The molecule has 1 saturated heterocycles. The Bertz CT molecular complexity index is 584. The first-order valence-corrected chi connectivity index (χ1v) is 7.94. The molecule has 1 amide bonds. The number of hydrogen-bond donors (Lipinski definition) is 1. The Balaban J connectivity index is 2.05. The van der Waals surface area contributed by atoms with Crippen molar-refractivity contribution in [3.8, 4) is 6.07 Å². The average molecular weight is 305 g/mol. The highest BCUT2D eigenvalue weighted by Crippen LogP contribution is 2.27. The Hall–Kier alpha value is -1.81. The van der Waals surface area contributed by atoms with Gasteiger partial charge in [-0.2, -0.15) is 5.26 Å². The SMILES string of the molecule is CSc1ncc(C#N)c(N2CC(C(=O)NC(C)(C)C)C2)n1. The van der Waals surface area contributed by atoms with Gasteiger partial charge >= 0.3 is 0 Å². The summed E-state index contributed by atoms with van der Waals surface area (Å²) in [5.41, 5.74) is 0.221. The van der Waals surface area contributed by atoms with Gasteiger partial charge in [0.2, 0.25) is 5.91 Å². The van der Waals surface area contributed by atoms with E-state index in [-0.39, 0.29) is 17.4 Å². The van der Waals surface area contributed by atoms with Crippen LogP contribution in [0, 0.1) is 17.2 Å². The number of aromatic nitrogens is 2. The van der Waals surface area contributed by atoms with Crippen molar-refractivity contribution in [3.05, 3.63) is 11.8 Å². The van der Waals surface area contributed by atoms with E-state index in [0.717, 1.165) is 0 Å². The van der Waals surface area contributed by atoms with Gasteiger partial charge in [0.25, 0.3) is 0 Å². The molecule has 0 unspecified atom stereocenters. The molecule has 0 aromatic carbocycles. The molecule has 1 aromatic rings. The Morgan fingerprint density at radius 2 is 2.19 bits per heavy atom. The molecule has 0 saturated carbocycles. The zero-order valence-corrected chi connectivity index (χ0v) is 13.5. The minimum atomic E-state index is -0.226. The largest absolute Gasteiger partial charge is 0.354 e. The van der Waals surface area contributed by atoms with Gasteiger partial charge in [0.05, 0.1) is 12.1 Å². The summed E-state index contributed by atoms with van der Waals surface area (Å²) in [5.74, 6) is 0.622. The van der Waals surface area contributed by atoms with Crippen molar-refractivity contribution in [1.82, 2.24) is 15.3 Å². The third-order valence-electron chi connectivity index (χ3n) is 3.10. The van der Waals surface area contributed by atoms with Crippen LogP contribution in [0.1, 0.15) is 26.3 Å². The van der Waals surface area contributed by atoms with E-state index in [1.54, 1.807) is 0 Å². The van der Waals surface area contributed by atoms with E-state index in [0.29, 0.717) is 29.6 Å². The first-order valence-electron chi connectivity index (χ1n) is 6.72. The number of thioether (sulfide) groups is 1. The fourth-order valence-corrected chi connectivity index (χ4v) is 2.40. The summed E-state index contributed by atoms with van der Waals surface area (Å²) in [6, 6.07) is 2.10. The molecule has 0 aliphatic carbocycles. The Morgan fingerprint density at radius 1 is 1.52 bits per heavy atom. The molecule has 1 aliphatic rings. The van der Waals surface area contributed by atoms with Crippen LogP contribution in [0.4, 0.5) is 5.82 Å². The summed E-state index contributed by atoms with van der Waals surface area (Å²) < 4.78 is 0. The molecular formula is C14H19N5OS. The average Bonchev–Trinajstić information content (AvgIpc) is 2.34. The molecule has 1 N–H and O–H groups in total. The van der Waals surface area contributed by atoms with Crippen LogP contribution in [-0.2, 0) is 4.79 Å². The van der Waals surface area contributed by atoms with E-state index >= 15 is 0 Å². The van der Waals surface area contributed by atoms with Gasteiger partial charge in [0, 0.05) is 18.6 Å². The predicted molar refractivity (Wildman–Crippen MR) is 82.1 cm³/mol. The van der Waals surface area contributed by atoms with Gasteiger partial charge in [-0.3, -0.25) is 4.79 Å². The van der Waals surface area contributed by atoms with Gasteiger partial charge < -0.3 is 10.2 Å². The maximum atomic E-state index is 12.1. The van der Waals surface area contributed by atoms with E-state index in [4.69, 9.17) is 5.26 Å². The number of carbonyl (C=O) groups excluding carboxylic acids is 1. The summed E-state index contributed by atoms with van der Waals surface area (Å²) >= 11 is 1.43. The van der Waals surface area contributed by atoms with Crippen LogP contribution >= 0.6 is 11.8 Å². The van der Waals surface area contributed by atoms with Gasteiger partial charge in [-0.05, 0) is 27.0 Å². The molecule has 2 rings (SSSR count). The molecule has 0 radical (unpaired) electrons. The van der Waals surface area contributed by atoms with Crippen LogP contribution in [-0.4, -0.2) is 40.8 Å². The number of hydrogen-bond acceptors (Lipinski definition) is 6. The minimum Gasteiger partial charge on any atom is -0.354 e. The second kappa shape index (κ2) is 5.90. The monoisotopic (exact) mass is 305 g/mol. The minimum absolute atomic E-state index is 0.0522. The van der Waals surface area contributed by atoms with Crippen molar-refractivity contribution in [2.24, 2.45) is 5.92 Å². The molecule has 1 aliphatic heterocycles. The van der Waals surface area contributed by atoms with Crippen LogP contribution < -0.4 is 10.2 Å². The Kier molecular flexibility index (Phi) is 4.37. The maximum Gasteiger partial charge on any atom is 0.227 e. The van der Waals surface area contributed by atoms with Crippen LogP contribution in [0.25, 0.3) is 0 Å². The van der Waals surface area contributed by atoms with Crippen molar-refractivity contribution in [2.75, 3.05) is 24.2 Å². The highest BCUT2D eigenvalue weighted by molar-refractivity contribution is 7.98. The molecule has 0 atom stereocenters. The Morgan fingerprint density at radius 3 is 2.71 bits per heavy atom. The van der Waals surface area contributed by atoms with Gasteiger partial charge in [-0.15, -0.1) is 0 Å². The van der Waals surface area contributed by atoms with Gasteiger partial charge in [0.1, 0.15) is 11.6 Å². The van der Waals surface area contributed by atoms with Crippen molar-refractivity contribution < 1.29 is 4.79 Å². The molecule has 6 nitrogen and oxygen atoms in total. The number of nitrogens with zero attached hydrogens (tertiary/aromatic N) is 4. The number of amides is 1. The van der Waals surface area contributed by atoms with Crippen LogP contribution in [0.2, 0.25) is 0 Å². The normalized spacial score (nSPS) is 15.3. The number of rotatable bonds is 3. The van der Waals surface area contributed by atoms with E-state index in [1.807, 2.05) is 31.9 Å². The van der Waals surface area contributed by atoms with Crippen LogP contribution in [0.5, 0.6) is 0 Å². The summed E-state index contributed by atoms with van der Waals surface area (Å²) in [6.07, 6.45) is 3.43. The lowest BCUT2D eigenvalue weighted by atomic mass is 9.97. The summed E-state index contributed by atoms with van der Waals surface area (Å²) in [6.45, 7) is 7.06. The number of nitrogens with one attached hydrogen (secondary N) is 1. The van der Waals surface area contributed by atoms with Gasteiger partial charge in [-0.25, -0.2) is 9.97 Å². The molecule has 1 aromatic heterocycles. The molecule has 21 heavy (non-hydrogen) atoms. The predicted octanol–water partition coefficient (Wildman–Crippen LogP) is 1.42. The zero-order valence-electron chi connectivity index (χ0n) is 12.7. The lowest BCUT2D eigenvalue weighted by Crippen LogP contribution is -2.57. The second-order valence-corrected chi connectivity index (χ2v) is 6.82. The first kappa shape index (κ1) is 15.6. The lowest BCUT2D eigenvalue weighted by molar-refractivity contribution is -0.127. The van der Waals surface area contributed by atoms with Crippen molar-refractivity contribution in [1.29, 1.82) is 5.26 Å². The Labute approximate surface area is 129 Å². The van der Waals surface area contributed by atoms with Crippen LogP contribution in [0.15, 0.2) is 11.4 Å². The van der Waals surface area contributed by atoms with E-state index < -0.39 is 0 Å². The standard InChI is InChI=1S/C14H19N5OS/c1-14(2,3)18-12(20)10-7-19(8-10)11-9(5-15)6-16-13(17-11)21-4/h6,10H,7-8H2,1-4H3,(H,18,20). The third kappa shape index (κ3) is 3.64. The smallest absolute Gasteiger partial charge is 0.227 e. The highest BCUT2D eigenvalue weighted by Gasteiger charge is 2.36. The molecule has 0 spiro atoms. The number of anilines is 1. The van der Waals surface area contributed by atoms with Crippen LogP contribution in [0.3, 0.4) is 0 Å². The third-order valence-corrected chi connectivity index (χ3v) is 3.66. The summed E-state index contributed by atoms with van der Waals surface area (Å²) in [4.78, 5) is 22.5. The fraction of sp³-hybridized carbons (Fsp3) is 0.571. The van der Waals surface area contributed by atoms with Gasteiger partial charge in [0.15, 0.2) is 11.0 Å². The van der Waals surface area contributed by atoms with Crippen molar-refractivity contribution >= 4 is 23.5 Å². The topological polar surface area (TPSA) is 81.9 Å². The summed E-state index contributed by atoms with van der Waals surface area (Å²) in [7, 11) is 0. The molecule has 2 heterocycles. The fourth-order valence-electron chi connectivity index (χ4n) is 2.06. The second-order valence-electron chi connectivity index (χ2n) is 6.05. The summed E-state index contributed by atoms with van der Waals surface area (Å²) in [5, 5.41) is 12.7. The van der Waals surface area contributed by atoms with Crippen molar-refractivity contribution in [2.45, 2.75) is 31.5 Å². The number of nitriles is 1. The molecule has 112 valence electrons. The van der Waals surface area contributed by atoms with E-state index in [1.165, 1.54) is 18.0 Å². The zero-order chi connectivity index (χ0) is 15.6. The maximum absolute atomic E-state index is 12.1. The molecule has 7 heteroatoms. The van der Waals surface area contributed by atoms with Crippen molar-refractivity contribution in [3.63, 3.8) is 0 Å². The van der Waals surface area contributed by atoms with E-state index in [9.17, 15) is 4.79 Å². The van der Waals surface area contributed by atoms with E-state index in [2.05, 4.69) is 21.4 Å². The molecule has 1 fully saturated rings. The molecule has 0 bridgehead atoms. The first-order chi connectivity index (χ1) is 9.84. The highest BCUT2D eigenvalue weighted by atomic mass is 32.2. The van der Waals surface area contributed by atoms with Gasteiger partial charge in [-0.1, -0.05) is 11.8 Å². The number of carbonyl (C=O) groups is 1. The lowest BCUT2D eigenvalue weighted by Gasteiger charge is -2.40. The molecular weight excluding hydrogens is 286 g/mol. The quantitative estimate of drug-likeness (QED) is 0.672.